The summed E-state index contributed by atoms with van der Waals surface area (Å²) >= 11 is 0. The molecule has 0 aromatic heterocycles. The van der Waals surface area contributed by atoms with Gasteiger partial charge in [-0.15, -0.1) is 0 Å². The second-order valence-electron chi connectivity index (χ2n) is 5.70. The number of amides is 1. The number of carbonyl (C=O) groups excluding carboxylic acids is 1. The standard InChI is InChI=1S/C18H11F4NO3/c19-13-3-1-2-12(18(20,21)22)15(13)16(24)23-14-7-6-9-4-5-10(17(25)26)8-11(9)14/h1-5,8H,6-7H2,(H,25,26). The third-order valence-corrected chi connectivity index (χ3v) is 4.07. The van der Waals surface area contributed by atoms with Crippen molar-refractivity contribution < 1.29 is 32.3 Å². The number of aromatic carboxylic acids is 1. The molecule has 1 aliphatic rings. The van der Waals surface area contributed by atoms with Crippen LogP contribution in [0.5, 0.6) is 0 Å². The number of carbonyl (C=O) groups is 2. The summed E-state index contributed by atoms with van der Waals surface area (Å²) < 4.78 is 53.1. The van der Waals surface area contributed by atoms with Gasteiger partial charge in [0.05, 0.1) is 22.4 Å². The van der Waals surface area contributed by atoms with Gasteiger partial charge < -0.3 is 5.11 Å². The van der Waals surface area contributed by atoms with E-state index in [-0.39, 0.29) is 17.7 Å². The summed E-state index contributed by atoms with van der Waals surface area (Å²) in [5, 5.41) is 9.04. The van der Waals surface area contributed by atoms with Crippen LogP contribution in [0.25, 0.3) is 0 Å². The van der Waals surface area contributed by atoms with Crippen LogP contribution in [0.4, 0.5) is 17.6 Å². The van der Waals surface area contributed by atoms with Gasteiger partial charge in [0.25, 0.3) is 5.91 Å². The summed E-state index contributed by atoms with van der Waals surface area (Å²) in [4.78, 5) is 27.0. The quantitative estimate of drug-likeness (QED) is 0.814. The first-order chi connectivity index (χ1) is 12.2. The predicted molar refractivity (Wildman–Crippen MR) is 84.0 cm³/mol. The van der Waals surface area contributed by atoms with E-state index >= 15 is 0 Å². The number of nitrogens with zero attached hydrogens (tertiary/aromatic N) is 1. The number of alkyl halides is 3. The highest BCUT2D eigenvalue weighted by molar-refractivity contribution is 6.13. The van der Waals surface area contributed by atoms with Crippen LogP contribution in [0.1, 0.15) is 43.8 Å². The maximum atomic E-state index is 13.9. The first-order valence-corrected chi connectivity index (χ1v) is 7.52. The average molecular weight is 365 g/mol. The SMILES string of the molecule is O=C(O)c1ccc2c(c1)C(=NC(=O)c1c(F)cccc1C(F)(F)F)CC2. The molecule has 4 nitrogen and oxygen atoms in total. The number of carboxylic acid groups (broad SMARTS) is 1. The third-order valence-electron chi connectivity index (χ3n) is 4.07. The lowest BCUT2D eigenvalue weighted by molar-refractivity contribution is -0.138. The Balaban J connectivity index is 2.06. The van der Waals surface area contributed by atoms with Gasteiger partial charge in [-0.3, -0.25) is 4.79 Å². The van der Waals surface area contributed by atoms with E-state index in [2.05, 4.69) is 4.99 Å². The third kappa shape index (κ3) is 3.22. The Hall–Kier alpha value is -3.03. The number of hydrogen-bond acceptors (Lipinski definition) is 2. The fraction of sp³-hybridized carbons (Fsp3) is 0.167. The summed E-state index contributed by atoms with van der Waals surface area (Å²) in [7, 11) is 0. The van der Waals surface area contributed by atoms with Crippen molar-refractivity contribution in [2.75, 3.05) is 0 Å². The molecule has 0 saturated heterocycles. The minimum Gasteiger partial charge on any atom is -0.478 e. The summed E-state index contributed by atoms with van der Waals surface area (Å²) in [6.45, 7) is 0. The fourth-order valence-corrected chi connectivity index (χ4v) is 2.86. The van der Waals surface area contributed by atoms with Crippen molar-refractivity contribution in [1.82, 2.24) is 0 Å². The molecule has 26 heavy (non-hydrogen) atoms. The lowest BCUT2D eigenvalue weighted by atomic mass is 10.0. The van der Waals surface area contributed by atoms with Gasteiger partial charge in [-0.25, -0.2) is 14.2 Å². The molecule has 1 amide bonds. The van der Waals surface area contributed by atoms with E-state index in [1.54, 1.807) is 6.07 Å². The minimum absolute atomic E-state index is 0.0346. The molecule has 0 atom stereocenters. The van der Waals surface area contributed by atoms with Crippen molar-refractivity contribution in [2.24, 2.45) is 4.99 Å². The smallest absolute Gasteiger partial charge is 0.417 e. The molecule has 134 valence electrons. The van der Waals surface area contributed by atoms with Crippen LogP contribution in [0, 0.1) is 5.82 Å². The van der Waals surface area contributed by atoms with Crippen LogP contribution in [0.2, 0.25) is 0 Å². The Bertz CT molecular complexity index is 948. The van der Waals surface area contributed by atoms with Gasteiger partial charge in [-0.2, -0.15) is 13.2 Å². The molecule has 0 bridgehead atoms. The van der Waals surface area contributed by atoms with Crippen molar-refractivity contribution in [2.45, 2.75) is 19.0 Å². The molecule has 0 radical (unpaired) electrons. The molecule has 2 aromatic carbocycles. The molecule has 0 aliphatic heterocycles. The Labute approximate surface area is 144 Å². The number of carboxylic acids is 1. The van der Waals surface area contributed by atoms with E-state index in [0.717, 1.165) is 17.7 Å². The van der Waals surface area contributed by atoms with Crippen molar-refractivity contribution in [3.63, 3.8) is 0 Å². The molecule has 0 heterocycles. The highest BCUT2D eigenvalue weighted by Gasteiger charge is 2.37. The maximum absolute atomic E-state index is 13.9. The summed E-state index contributed by atoms with van der Waals surface area (Å²) in [6.07, 6.45) is -4.19. The summed E-state index contributed by atoms with van der Waals surface area (Å²) in [6, 6.07) is 6.50. The molecular formula is C18H11F4NO3. The fourth-order valence-electron chi connectivity index (χ4n) is 2.86. The van der Waals surface area contributed by atoms with Gasteiger partial charge >= 0.3 is 12.1 Å². The van der Waals surface area contributed by atoms with Gasteiger partial charge in [-0.1, -0.05) is 12.1 Å². The second kappa shape index (κ2) is 6.36. The van der Waals surface area contributed by atoms with E-state index < -0.39 is 35.0 Å². The molecule has 3 rings (SSSR count). The van der Waals surface area contributed by atoms with Crippen molar-refractivity contribution in [3.05, 3.63) is 70.0 Å². The Morgan fingerprint density at radius 2 is 1.81 bits per heavy atom. The number of aliphatic imine (C=N–C) groups is 1. The highest BCUT2D eigenvalue weighted by Crippen LogP contribution is 2.34. The summed E-state index contributed by atoms with van der Waals surface area (Å²) in [5.74, 6) is -3.84. The van der Waals surface area contributed by atoms with Crippen LogP contribution >= 0.6 is 0 Å². The van der Waals surface area contributed by atoms with E-state index in [9.17, 15) is 27.2 Å². The van der Waals surface area contributed by atoms with Gasteiger partial charge in [0.15, 0.2) is 0 Å². The zero-order valence-electron chi connectivity index (χ0n) is 13.1. The van der Waals surface area contributed by atoms with E-state index in [4.69, 9.17) is 5.11 Å². The largest absolute Gasteiger partial charge is 0.478 e. The summed E-state index contributed by atoms with van der Waals surface area (Å²) in [5.41, 5.74) is -1.33. The van der Waals surface area contributed by atoms with Crippen LogP contribution in [-0.4, -0.2) is 22.7 Å². The second-order valence-corrected chi connectivity index (χ2v) is 5.70. The van der Waals surface area contributed by atoms with Gasteiger partial charge in [0.2, 0.25) is 0 Å². The zero-order valence-corrected chi connectivity index (χ0v) is 13.1. The zero-order chi connectivity index (χ0) is 19.1. The average Bonchev–Trinajstić information content (AvgIpc) is 2.95. The molecule has 0 fully saturated rings. The van der Waals surface area contributed by atoms with E-state index in [0.29, 0.717) is 18.1 Å². The van der Waals surface area contributed by atoms with Gasteiger partial charge in [0, 0.05) is 5.56 Å². The van der Waals surface area contributed by atoms with Gasteiger partial charge in [-0.05, 0) is 42.7 Å². The molecule has 0 spiro atoms. The molecule has 8 heteroatoms. The van der Waals surface area contributed by atoms with Crippen molar-refractivity contribution in [3.8, 4) is 0 Å². The number of rotatable bonds is 2. The minimum atomic E-state index is -4.91. The lowest BCUT2D eigenvalue weighted by Crippen LogP contribution is -2.15. The molecule has 0 saturated carbocycles. The monoisotopic (exact) mass is 365 g/mol. The number of halogens is 4. The Morgan fingerprint density at radius 1 is 1.08 bits per heavy atom. The number of fused-ring (bicyclic) bond motifs is 1. The van der Waals surface area contributed by atoms with Crippen molar-refractivity contribution >= 4 is 17.6 Å². The van der Waals surface area contributed by atoms with Crippen LogP contribution in [-0.2, 0) is 12.6 Å². The van der Waals surface area contributed by atoms with Crippen LogP contribution in [0.15, 0.2) is 41.4 Å². The van der Waals surface area contributed by atoms with E-state index in [1.807, 2.05) is 0 Å². The Kier molecular flexibility index (Phi) is 4.35. The Morgan fingerprint density at radius 3 is 2.46 bits per heavy atom. The molecule has 1 aliphatic carbocycles. The lowest BCUT2D eigenvalue weighted by Gasteiger charge is -2.11. The topological polar surface area (TPSA) is 66.7 Å². The molecule has 1 N–H and O–H groups in total. The normalized spacial score (nSPS) is 15.2. The van der Waals surface area contributed by atoms with Crippen LogP contribution in [0.3, 0.4) is 0 Å². The molecule has 0 unspecified atom stereocenters. The first kappa shape index (κ1) is 17.8. The number of benzene rings is 2. The van der Waals surface area contributed by atoms with Gasteiger partial charge in [0.1, 0.15) is 5.82 Å². The number of hydrogen-bond donors (Lipinski definition) is 1. The van der Waals surface area contributed by atoms with Crippen LogP contribution < -0.4 is 0 Å². The maximum Gasteiger partial charge on any atom is 0.417 e. The highest BCUT2D eigenvalue weighted by atomic mass is 19.4. The first-order valence-electron chi connectivity index (χ1n) is 7.52. The van der Waals surface area contributed by atoms with E-state index in [1.165, 1.54) is 12.1 Å². The molecule has 2 aromatic rings. The van der Waals surface area contributed by atoms with Crippen molar-refractivity contribution in [1.29, 1.82) is 0 Å². The predicted octanol–water partition coefficient (Wildman–Crippen LogP) is 4.12. The number of aryl methyl sites for hydroxylation is 1. The molecular weight excluding hydrogens is 354 g/mol.